The number of carbonyl (C=O) groups excluding carboxylic acids is 1. The van der Waals surface area contributed by atoms with Crippen LogP contribution >= 0.6 is 0 Å². The first-order valence-corrected chi connectivity index (χ1v) is 8.03. The Morgan fingerprint density at radius 2 is 1.88 bits per heavy atom. The van der Waals surface area contributed by atoms with E-state index in [-0.39, 0.29) is 11.7 Å². The van der Waals surface area contributed by atoms with Crippen molar-refractivity contribution in [3.63, 3.8) is 0 Å². The fourth-order valence-electron chi connectivity index (χ4n) is 2.68. The summed E-state index contributed by atoms with van der Waals surface area (Å²) in [6, 6.07) is 13.5. The normalized spacial score (nSPS) is 11.2. The second-order valence-electron chi connectivity index (χ2n) is 6.23. The van der Waals surface area contributed by atoms with Crippen molar-refractivity contribution in [2.75, 3.05) is 0 Å². The number of halogens is 1. The number of rotatable bonds is 5. The molecule has 124 valence electrons. The summed E-state index contributed by atoms with van der Waals surface area (Å²) >= 11 is 0. The second kappa shape index (κ2) is 6.83. The summed E-state index contributed by atoms with van der Waals surface area (Å²) in [5.41, 5.74) is 2.33. The minimum absolute atomic E-state index is 0.238. The summed E-state index contributed by atoms with van der Waals surface area (Å²) in [6.07, 6.45) is 0. The Balaban J connectivity index is 1.80. The molecular formula is C19H20FN3O. The van der Waals surface area contributed by atoms with Gasteiger partial charge >= 0.3 is 0 Å². The summed E-state index contributed by atoms with van der Waals surface area (Å²) in [4.78, 5) is 12.2. The molecule has 1 amide bonds. The molecule has 2 aromatic carbocycles. The highest BCUT2D eigenvalue weighted by atomic mass is 19.1. The Morgan fingerprint density at radius 3 is 2.58 bits per heavy atom. The highest BCUT2D eigenvalue weighted by Gasteiger charge is 2.12. The van der Waals surface area contributed by atoms with E-state index in [1.807, 2.05) is 28.9 Å². The van der Waals surface area contributed by atoms with E-state index in [1.165, 1.54) is 24.3 Å². The van der Waals surface area contributed by atoms with E-state index in [2.05, 4.69) is 24.3 Å². The number of carbonyl (C=O) groups is 1. The molecule has 1 N–H and O–H groups in total. The van der Waals surface area contributed by atoms with Crippen LogP contribution in [0.15, 0.2) is 48.5 Å². The van der Waals surface area contributed by atoms with E-state index in [0.717, 1.165) is 23.1 Å². The van der Waals surface area contributed by atoms with Crippen molar-refractivity contribution >= 4 is 16.8 Å². The maximum Gasteiger partial charge on any atom is 0.251 e. The van der Waals surface area contributed by atoms with Gasteiger partial charge in [-0.15, -0.1) is 0 Å². The van der Waals surface area contributed by atoms with E-state index in [4.69, 9.17) is 0 Å². The van der Waals surface area contributed by atoms with Gasteiger partial charge in [0.1, 0.15) is 5.82 Å². The number of hydrogen-bond donors (Lipinski definition) is 1. The minimum Gasteiger partial charge on any atom is -0.346 e. The molecule has 5 heteroatoms. The average molecular weight is 325 g/mol. The molecule has 0 unspecified atom stereocenters. The molecule has 0 bridgehead atoms. The molecule has 0 saturated heterocycles. The van der Waals surface area contributed by atoms with Crippen molar-refractivity contribution < 1.29 is 9.18 Å². The highest BCUT2D eigenvalue weighted by Crippen LogP contribution is 2.19. The van der Waals surface area contributed by atoms with Crippen molar-refractivity contribution in [1.29, 1.82) is 0 Å². The molecule has 24 heavy (non-hydrogen) atoms. The largest absolute Gasteiger partial charge is 0.346 e. The number of benzene rings is 2. The predicted molar refractivity (Wildman–Crippen MR) is 92.1 cm³/mol. The fraction of sp³-hybridized carbons (Fsp3) is 0.263. The molecule has 0 spiro atoms. The maximum absolute atomic E-state index is 12.9. The summed E-state index contributed by atoms with van der Waals surface area (Å²) in [5.74, 6) is -0.113. The van der Waals surface area contributed by atoms with Gasteiger partial charge in [-0.2, -0.15) is 5.10 Å². The van der Waals surface area contributed by atoms with Crippen LogP contribution in [0.5, 0.6) is 0 Å². The third kappa shape index (κ3) is 3.45. The van der Waals surface area contributed by atoms with Gasteiger partial charge in [-0.3, -0.25) is 9.48 Å². The van der Waals surface area contributed by atoms with Crippen molar-refractivity contribution in [3.8, 4) is 0 Å². The first kappa shape index (κ1) is 16.2. The van der Waals surface area contributed by atoms with Gasteiger partial charge in [-0.05, 0) is 36.2 Å². The van der Waals surface area contributed by atoms with Crippen LogP contribution in [0.2, 0.25) is 0 Å². The third-order valence-corrected chi connectivity index (χ3v) is 3.80. The molecule has 0 atom stereocenters. The van der Waals surface area contributed by atoms with Gasteiger partial charge in [0.2, 0.25) is 0 Å². The smallest absolute Gasteiger partial charge is 0.251 e. The molecule has 3 aromatic rings. The van der Waals surface area contributed by atoms with Crippen LogP contribution in [0, 0.1) is 11.7 Å². The monoisotopic (exact) mass is 325 g/mol. The van der Waals surface area contributed by atoms with Gasteiger partial charge in [0.05, 0.1) is 17.8 Å². The molecule has 0 aliphatic heterocycles. The van der Waals surface area contributed by atoms with Crippen molar-refractivity contribution in [1.82, 2.24) is 15.1 Å². The molecule has 0 aliphatic carbocycles. The average Bonchev–Trinajstić information content (AvgIpc) is 2.91. The lowest BCUT2D eigenvalue weighted by molar-refractivity contribution is 0.0950. The van der Waals surface area contributed by atoms with Crippen molar-refractivity contribution in [2.24, 2.45) is 5.92 Å². The molecule has 0 saturated carbocycles. The number of nitrogens with zero attached hydrogens (tertiary/aromatic N) is 2. The van der Waals surface area contributed by atoms with Crippen LogP contribution in [0.4, 0.5) is 4.39 Å². The van der Waals surface area contributed by atoms with Crippen LogP contribution in [-0.4, -0.2) is 15.7 Å². The first-order chi connectivity index (χ1) is 11.5. The zero-order valence-corrected chi connectivity index (χ0v) is 13.8. The molecule has 1 aromatic heterocycles. The molecule has 0 fully saturated rings. The molecule has 4 nitrogen and oxygen atoms in total. The summed E-state index contributed by atoms with van der Waals surface area (Å²) in [5, 5.41) is 8.55. The van der Waals surface area contributed by atoms with Gasteiger partial charge in [0, 0.05) is 17.5 Å². The zero-order chi connectivity index (χ0) is 17.1. The van der Waals surface area contributed by atoms with E-state index in [1.54, 1.807) is 0 Å². The Hall–Kier alpha value is -2.69. The standard InChI is InChI=1S/C19H20FN3O/c1-13(2)12-23-18-6-4-3-5-16(18)17(22-23)11-21-19(24)14-7-9-15(20)10-8-14/h3-10,13H,11-12H2,1-2H3,(H,21,24). The Kier molecular flexibility index (Phi) is 4.60. The first-order valence-electron chi connectivity index (χ1n) is 8.03. The summed E-state index contributed by atoms with van der Waals surface area (Å²) in [7, 11) is 0. The van der Waals surface area contributed by atoms with Gasteiger partial charge < -0.3 is 5.32 Å². The minimum atomic E-state index is -0.357. The molecule has 0 aliphatic rings. The fourth-order valence-corrected chi connectivity index (χ4v) is 2.68. The highest BCUT2D eigenvalue weighted by molar-refractivity contribution is 5.94. The number of aromatic nitrogens is 2. The maximum atomic E-state index is 12.9. The quantitative estimate of drug-likeness (QED) is 0.776. The van der Waals surface area contributed by atoms with Crippen LogP contribution in [0.25, 0.3) is 10.9 Å². The van der Waals surface area contributed by atoms with Crippen LogP contribution in [0.1, 0.15) is 29.9 Å². The third-order valence-electron chi connectivity index (χ3n) is 3.80. The Bertz CT molecular complexity index is 853. The number of hydrogen-bond acceptors (Lipinski definition) is 2. The number of fused-ring (bicyclic) bond motifs is 1. The van der Waals surface area contributed by atoms with Gasteiger partial charge in [0.25, 0.3) is 5.91 Å². The lowest BCUT2D eigenvalue weighted by Crippen LogP contribution is -2.23. The molecule has 1 heterocycles. The topological polar surface area (TPSA) is 46.9 Å². The SMILES string of the molecule is CC(C)Cn1nc(CNC(=O)c2ccc(F)cc2)c2ccccc21. The number of amides is 1. The van der Waals surface area contributed by atoms with E-state index < -0.39 is 0 Å². The van der Waals surface area contributed by atoms with Crippen LogP contribution < -0.4 is 5.32 Å². The van der Waals surface area contributed by atoms with Crippen LogP contribution in [-0.2, 0) is 13.1 Å². The lowest BCUT2D eigenvalue weighted by atomic mass is 10.2. The van der Waals surface area contributed by atoms with Crippen molar-refractivity contribution in [3.05, 3.63) is 65.6 Å². The number of nitrogens with one attached hydrogen (secondary N) is 1. The lowest BCUT2D eigenvalue weighted by Gasteiger charge is -2.06. The summed E-state index contributed by atoms with van der Waals surface area (Å²) in [6.45, 7) is 5.45. The van der Waals surface area contributed by atoms with Gasteiger partial charge in [-0.1, -0.05) is 32.0 Å². The van der Waals surface area contributed by atoms with Crippen molar-refractivity contribution in [2.45, 2.75) is 26.9 Å². The van der Waals surface area contributed by atoms with E-state index in [0.29, 0.717) is 18.0 Å². The Labute approximate surface area is 140 Å². The Morgan fingerprint density at radius 1 is 1.17 bits per heavy atom. The van der Waals surface area contributed by atoms with Crippen LogP contribution in [0.3, 0.4) is 0 Å². The second-order valence-corrected chi connectivity index (χ2v) is 6.23. The zero-order valence-electron chi connectivity index (χ0n) is 13.8. The molecule has 0 radical (unpaired) electrons. The van der Waals surface area contributed by atoms with E-state index in [9.17, 15) is 9.18 Å². The predicted octanol–water partition coefficient (Wildman–Crippen LogP) is 3.76. The summed E-state index contributed by atoms with van der Waals surface area (Å²) < 4.78 is 14.9. The van der Waals surface area contributed by atoms with Gasteiger partial charge in [0.15, 0.2) is 0 Å². The number of para-hydroxylation sites is 1. The van der Waals surface area contributed by atoms with E-state index >= 15 is 0 Å². The molecule has 3 rings (SSSR count). The van der Waals surface area contributed by atoms with Gasteiger partial charge in [-0.25, -0.2) is 4.39 Å². The molecular weight excluding hydrogens is 305 g/mol.